The van der Waals surface area contributed by atoms with Crippen LogP contribution in [0.5, 0.6) is 0 Å². The fraction of sp³-hybridized carbons (Fsp3) is 1.00. The predicted molar refractivity (Wildman–Crippen MR) is 53.8 cm³/mol. The van der Waals surface area contributed by atoms with Crippen LogP contribution in [-0.4, -0.2) is 31.7 Å². The summed E-state index contributed by atoms with van der Waals surface area (Å²) < 4.78 is 28.5. The molecule has 0 heterocycles. The van der Waals surface area contributed by atoms with Crippen LogP contribution in [0.2, 0.25) is 0 Å². The number of hydrogen-bond acceptors (Lipinski definition) is 2. The molecule has 4 heteroatoms. The van der Waals surface area contributed by atoms with Gasteiger partial charge >= 0.3 is 0 Å². The lowest BCUT2D eigenvalue weighted by Gasteiger charge is -2.17. The van der Waals surface area contributed by atoms with Gasteiger partial charge in [0.15, 0.2) is 0 Å². The molecule has 86 valence electrons. The SMILES string of the molecule is CCCC(C)NCC(C)OCC(F)F. The predicted octanol–water partition coefficient (Wildman–Crippen LogP) is 2.43. The van der Waals surface area contributed by atoms with Crippen molar-refractivity contribution in [2.75, 3.05) is 13.2 Å². The summed E-state index contributed by atoms with van der Waals surface area (Å²) in [6.07, 6.45) is -0.295. The molecule has 0 amide bonds. The highest BCUT2D eigenvalue weighted by molar-refractivity contribution is 4.63. The molecule has 0 bridgehead atoms. The number of alkyl halides is 2. The molecule has 0 aromatic rings. The van der Waals surface area contributed by atoms with Crippen molar-refractivity contribution in [1.82, 2.24) is 5.32 Å². The first kappa shape index (κ1) is 13.8. The molecule has 1 N–H and O–H groups in total. The number of halogens is 2. The molecule has 2 atom stereocenters. The summed E-state index contributed by atoms with van der Waals surface area (Å²) in [6.45, 7) is 6.17. The van der Waals surface area contributed by atoms with E-state index in [1.54, 1.807) is 6.92 Å². The lowest BCUT2D eigenvalue weighted by atomic mass is 10.2. The Hall–Kier alpha value is -0.220. The van der Waals surface area contributed by atoms with E-state index in [-0.39, 0.29) is 6.10 Å². The van der Waals surface area contributed by atoms with Crippen molar-refractivity contribution in [2.45, 2.75) is 52.2 Å². The smallest absolute Gasteiger partial charge is 0.261 e. The average molecular weight is 209 g/mol. The minimum absolute atomic E-state index is 0.150. The highest BCUT2D eigenvalue weighted by atomic mass is 19.3. The van der Waals surface area contributed by atoms with Crippen LogP contribution in [0.1, 0.15) is 33.6 Å². The highest BCUT2D eigenvalue weighted by Gasteiger charge is 2.08. The topological polar surface area (TPSA) is 21.3 Å². The fourth-order valence-corrected chi connectivity index (χ4v) is 1.20. The maximum absolute atomic E-state index is 11.8. The molecule has 0 aliphatic heterocycles. The monoisotopic (exact) mass is 209 g/mol. The fourth-order valence-electron chi connectivity index (χ4n) is 1.20. The second-order valence-corrected chi connectivity index (χ2v) is 3.63. The Balaban J connectivity index is 3.38. The molecule has 2 unspecified atom stereocenters. The zero-order valence-electron chi connectivity index (χ0n) is 9.22. The molecule has 0 aromatic carbocycles. The molecule has 0 aromatic heterocycles. The van der Waals surface area contributed by atoms with Crippen molar-refractivity contribution in [3.05, 3.63) is 0 Å². The van der Waals surface area contributed by atoms with Crippen molar-refractivity contribution >= 4 is 0 Å². The third kappa shape index (κ3) is 8.38. The van der Waals surface area contributed by atoms with Gasteiger partial charge in [-0.15, -0.1) is 0 Å². The van der Waals surface area contributed by atoms with Crippen LogP contribution in [0, 0.1) is 0 Å². The van der Waals surface area contributed by atoms with Crippen molar-refractivity contribution in [3.8, 4) is 0 Å². The molecule has 0 saturated heterocycles. The van der Waals surface area contributed by atoms with Crippen molar-refractivity contribution in [1.29, 1.82) is 0 Å². The van der Waals surface area contributed by atoms with Crippen LogP contribution in [0.4, 0.5) is 8.78 Å². The van der Waals surface area contributed by atoms with Crippen LogP contribution < -0.4 is 5.32 Å². The van der Waals surface area contributed by atoms with Gasteiger partial charge < -0.3 is 10.1 Å². The molecule has 0 saturated carbocycles. The second-order valence-electron chi connectivity index (χ2n) is 3.63. The van der Waals surface area contributed by atoms with E-state index in [4.69, 9.17) is 4.74 Å². The molecule has 0 rings (SSSR count). The number of rotatable bonds is 8. The van der Waals surface area contributed by atoms with E-state index in [9.17, 15) is 8.78 Å². The van der Waals surface area contributed by atoms with E-state index in [1.165, 1.54) is 0 Å². The van der Waals surface area contributed by atoms with Gasteiger partial charge in [0, 0.05) is 12.6 Å². The highest BCUT2D eigenvalue weighted by Crippen LogP contribution is 1.99. The van der Waals surface area contributed by atoms with Gasteiger partial charge in [-0.1, -0.05) is 13.3 Å². The van der Waals surface area contributed by atoms with E-state index in [2.05, 4.69) is 19.2 Å². The maximum Gasteiger partial charge on any atom is 0.261 e. The Morgan fingerprint density at radius 3 is 2.43 bits per heavy atom. The van der Waals surface area contributed by atoms with Gasteiger partial charge in [0.2, 0.25) is 0 Å². The maximum atomic E-state index is 11.8. The molecule has 0 radical (unpaired) electrons. The first-order chi connectivity index (χ1) is 6.56. The summed E-state index contributed by atoms with van der Waals surface area (Å²) >= 11 is 0. The van der Waals surface area contributed by atoms with Gasteiger partial charge in [-0.2, -0.15) is 0 Å². The zero-order valence-corrected chi connectivity index (χ0v) is 9.22. The van der Waals surface area contributed by atoms with Gasteiger partial charge in [0.1, 0.15) is 6.61 Å². The van der Waals surface area contributed by atoms with Gasteiger partial charge in [0.05, 0.1) is 6.10 Å². The van der Waals surface area contributed by atoms with Crippen LogP contribution in [-0.2, 0) is 4.74 Å². The van der Waals surface area contributed by atoms with Gasteiger partial charge in [-0.05, 0) is 20.3 Å². The van der Waals surface area contributed by atoms with Crippen molar-refractivity contribution in [2.24, 2.45) is 0 Å². The number of nitrogens with one attached hydrogen (secondary N) is 1. The van der Waals surface area contributed by atoms with Gasteiger partial charge in [0.25, 0.3) is 6.43 Å². The third-order valence-electron chi connectivity index (χ3n) is 1.98. The van der Waals surface area contributed by atoms with E-state index in [1.807, 2.05) is 0 Å². The first-order valence-corrected chi connectivity index (χ1v) is 5.19. The van der Waals surface area contributed by atoms with Crippen LogP contribution in [0.15, 0.2) is 0 Å². The second kappa shape index (κ2) is 8.12. The number of hydrogen-bond donors (Lipinski definition) is 1. The molecule has 0 aliphatic rings. The summed E-state index contributed by atoms with van der Waals surface area (Å²) in [5, 5.41) is 3.24. The van der Waals surface area contributed by atoms with Crippen molar-refractivity contribution in [3.63, 3.8) is 0 Å². The van der Waals surface area contributed by atoms with Gasteiger partial charge in [-0.25, -0.2) is 8.78 Å². The summed E-state index contributed by atoms with van der Waals surface area (Å²) in [6, 6.07) is 0.428. The van der Waals surface area contributed by atoms with Crippen LogP contribution in [0.25, 0.3) is 0 Å². The summed E-state index contributed by atoms with van der Waals surface area (Å²) in [5.41, 5.74) is 0. The van der Waals surface area contributed by atoms with Gasteiger partial charge in [-0.3, -0.25) is 0 Å². The third-order valence-corrected chi connectivity index (χ3v) is 1.98. The molecular weight excluding hydrogens is 188 g/mol. The first-order valence-electron chi connectivity index (χ1n) is 5.19. The average Bonchev–Trinajstić information content (AvgIpc) is 2.12. The summed E-state index contributed by atoms with van der Waals surface area (Å²) in [5.74, 6) is 0. The Labute approximate surface area is 85.0 Å². The van der Waals surface area contributed by atoms with Crippen molar-refractivity contribution < 1.29 is 13.5 Å². The molecule has 14 heavy (non-hydrogen) atoms. The summed E-state index contributed by atoms with van der Waals surface area (Å²) in [7, 11) is 0. The van der Waals surface area contributed by atoms with E-state index >= 15 is 0 Å². The minimum Gasteiger partial charge on any atom is -0.371 e. The quantitative estimate of drug-likeness (QED) is 0.663. The Bertz CT molecular complexity index is 133. The van der Waals surface area contributed by atoms with E-state index < -0.39 is 13.0 Å². The normalized spacial score (nSPS) is 15.9. The molecular formula is C10H21F2NO. The molecule has 0 aliphatic carbocycles. The molecule has 0 spiro atoms. The van der Waals surface area contributed by atoms with E-state index in [0.717, 1.165) is 12.8 Å². The van der Waals surface area contributed by atoms with E-state index in [0.29, 0.717) is 12.6 Å². The Kier molecular flexibility index (Phi) is 7.99. The van der Waals surface area contributed by atoms with Crippen LogP contribution >= 0.6 is 0 Å². The van der Waals surface area contributed by atoms with Crippen LogP contribution in [0.3, 0.4) is 0 Å². The molecule has 2 nitrogen and oxygen atoms in total. The minimum atomic E-state index is -2.37. The lowest BCUT2D eigenvalue weighted by Crippen LogP contribution is -2.34. The Morgan fingerprint density at radius 2 is 1.93 bits per heavy atom. The number of ether oxygens (including phenoxy) is 1. The lowest BCUT2D eigenvalue weighted by molar-refractivity contribution is -0.0170. The molecule has 0 fully saturated rings. The Morgan fingerprint density at radius 1 is 1.29 bits per heavy atom. The summed E-state index contributed by atoms with van der Waals surface area (Å²) in [4.78, 5) is 0. The zero-order chi connectivity index (χ0) is 11.0. The standard InChI is InChI=1S/C10H21F2NO/c1-4-5-8(2)13-6-9(3)14-7-10(11)12/h8-10,13H,4-7H2,1-3H3. The largest absolute Gasteiger partial charge is 0.371 e.